The maximum Gasteiger partial charge on any atom is 0.154 e. The van der Waals surface area contributed by atoms with Crippen LogP contribution in [-0.4, -0.2) is 11.2 Å². The van der Waals surface area contributed by atoms with Crippen LogP contribution < -0.4 is 0 Å². The Bertz CT molecular complexity index is 320. The lowest BCUT2D eigenvalue weighted by molar-refractivity contribution is 0.883. The summed E-state index contributed by atoms with van der Waals surface area (Å²) in [5.74, 6) is 0. The molecule has 0 spiro atoms. The van der Waals surface area contributed by atoms with Gasteiger partial charge in [0, 0.05) is 12.4 Å². The molecule has 1 aromatic heterocycles. The molecule has 0 unspecified atom stereocenters. The molecular weight excluding hydrogens is 172 g/mol. The van der Waals surface area contributed by atoms with Crippen LogP contribution in [0.3, 0.4) is 0 Å². The lowest BCUT2D eigenvalue weighted by Gasteiger charge is -2.01. The zero-order valence-corrected chi connectivity index (χ0v) is 7.38. The van der Waals surface area contributed by atoms with Gasteiger partial charge < -0.3 is 0 Å². The minimum absolute atomic E-state index is 0.519. The van der Waals surface area contributed by atoms with Gasteiger partial charge in [-0.2, -0.15) is 0 Å². The van der Waals surface area contributed by atoms with Crippen LogP contribution >= 0.6 is 11.6 Å². The highest BCUT2D eigenvalue weighted by atomic mass is 35.5. The Morgan fingerprint density at radius 1 is 1.42 bits per heavy atom. The number of pyridine rings is 1. The second-order valence-corrected chi connectivity index (χ2v) is 3.17. The number of hydrogen-bond donors (Lipinski definition) is 0. The average molecular weight is 181 g/mol. The molecule has 62 valence electrons. The van der Waals surface area contributed by atoms with Crippen molar-refractivity contribution in [2.24, 2.45) is 4.99 Å². The first-order chi connectivity index (χ1) is 5.88. The third-order valence-corrected chi connectivity index (χ3v) is 2.24. The standard InChI is InChI=1S/C9H9ClN2/c10-9-8-7(4-6-12-9)3-1-2-5-11-8/h4-6H,1-3H2. The van der Waals surface area contributed by atoms with E-state index in [1.54, 1.807) is 6.20 Å². The highest BCUT2D eigenvalue weighted by Crippen LogP contribution is 2.29. The summed E-state index contributed by atoms with van der Waals surface area (Å²) in [4.78, 5) is 8.25. The zero-order valence-electron chi connectivity index (χ0n) is 6.63. The van der Waals surface area contributed by atoms with Gasteiger partial charge in [0.05, 0.1) is 0 Å². The first kappa shape index (κ1) is 7.74. The van der Waals surface area contributed by atoms with Gasteiger partial charge in [-0.25, -0.2) is 4.98 Å². The molecule has 3 heteroatoms. The molecule has 1 aliphatic rings. The fourth-order valence-corrected chi connectivity index (χ4v) is 1.57. The number of aliphatic imine (C=N–C) groups is 1. The van der Waals surface area contributed by atoms with Gasteiger partial charge >= 0.3 is 0 Å². The number of nitrogens with zero attached hydrogens (tertiary/aromatic N) is 2. The van der Waals surface area contributed by atoms with Gasteiger partial charge in [-0.15, -0.1) is 0 Å². The van der Waals surface area contributed by atoms with E-state index in [0.717, 1.165) is 24.9 Å². The van der Waals surface area contributed by atoms with E-state index in [-0.39, 0.29) is 0 Å². The van der Waals surface area contributed by atoms with Crippen LogP contribution in [0.4, 0.5) is 5.69 Å². The van der Waals surface area contributed by atoms with Crippen molar-refractivity contribution in [3.05, 3.63) is 23.0 Å². The molecule has 0 fully saturated rings. The molecule has 0 aromatic carbocycles. The molecule has 0 atom stereocenters. The fourth-order valence-electron chi connectivity index (χ4n) is 1.34. The Morgan fingerprint density at radius 3 is 3.25 bits per heavy atom. The summed E-state index contributed by atoms with van der Waals surface area (Å²) in [7, 11) is 0. The van der Waals surface area contributed by atoms with Crippen LogP contribution in [0.5, 0.6) is 0 Å². The molecule has 0 bridgehead atoms. The third-order valence-electron chi connectivity index (χ3n) is 1.96. The molecule has 1 aromatic rings. The number of fused-ring (bicyclic) bond motifs is 1. The van der Waals surface area contributed by atoms with E-state index < -0.39 is 0 Å². The smallest absolute Gasteiger partial charge is 0.154 e. The van der Waals surface area contributed by atoms with E-state index in [9.17, 15) is 0 Å². The number of aryl methyl sites for hydroxylation is 1. The molecule has 0 radical (unpaired) electrons. The van der Waals surface area contributed by atoms with Crippen molar-refractivity contribution < 1.29 is 0 Å². The average Bonchev–Trinajstić information content (AvgIpc) is 2.30. The summed E-state index contributed by atoms with van der Waals surface area (Å²) in [6, 6.07) is 1.99. The summed E-state index contributed by atoms with van der Waals surface area (Å²) < 4.78 is 0. The first-order valence-electron chi connectivity index (χ1n) is 4.04. The van der Waals surface area contributed by atoms with Crippen LogP contribution in [0.2, 0.25) is 5.15 Å². The number of aromatic nitrogens is 1. The van der Waals surface area contributed by atoms with Crippen LogP contribution in [0.25, 0.3) is 0 Å². The lowest BCUT2D eigenvalue weighted by Crippen LogP contribution is -1.85. The minimum atomic E-state index is 0.519. The predicted octanol–water partition coefficient (Wildman–Crippen LogP) is 2.77. The van der Waals surface area contributed by atoms with Gasteiger partial charge in [0.1, 0.15) is 5.69 Å². The van der Waals surface area contributed by atoms with Gasteiger partial charge in [-0.05, 0) is 30.9 Å². The normalized spacial score (nSPS) is 15.4. The van der Waals surface area contributed by atoms with E-state index in [0.29, 0.717) is 5.15 Å². The quantitative estimate of drug-likeness (QED) is 0.564. The minimum Gasteiger partial charge on any atom is -0.258 e. The van der Waals surface area contributed by atoms with E-state index in [1.807, 2.05) is 12.3 Å². The molecular formula is C9H9ClN2. The highest BCUT2D eigenvalue weighted by molar-refractivity contribution is 6.32. The van der Waals surface area contributed by atoms with Crippen molar-refractivity contribution in [2.45, 2.75) is 19.3 Å². The maximum absolute atomic E-state index is 5.89. The van der Waals surface area contributed by atoms with E-state index in [1.165, 1.54) is 5.56 Å². The summed E-state index contributed by atoms with van der Waals surface area (Å²) in [5, 5.41) is 0.519. The molecule has 0 aliphatic carbocycles. The largest absolute Gasteiger partial charge is 0.258 e. The van der Waals surface area contributed by atoms with Crippen molar-refractivity contribution in [1.82, 2.24) is 4.98 Å². The van der Waals surface area contributed by atoms with Gasteiger partial charge in [0.2, 0.25) is 0 Å². The summed E-state index contributed by atoms with van der Waals surface area (Å²) in [6.45, 7) is 0. The topological polar surface area (TPSA) is 25.2 Å². The molecule has 1 aliphatic heterocycles. The van der Waals surface area contributed by atoms with Crippen molar-refractivity contribution in [1.29, 1.82) is 0 Å². The second-order valence-electron chi connectivity index (χ2n) is 2.81. The molecule has 2 heterocycles. The van der Waals surface area contributed by atoms with E-state index >= 15 is 0 Å². The van der Waals surface area contributed by atoms with Crippen LogP contribution in [0.1, 0.15) is 18.4 Å². The van der Waals surface area contributed by atoms with Gasteiger partial charge in [0.25, 0.3) is 0 Å². The zero-order chi connectivity index (χ0) is 8.39. The Labute approximate surface area is 76.3 Å². The number of hydrogen-bond acceptors (Lipinski definition) is 2. The van der Waals surface area contributed by atoms with Crippen LogP contribution in [0.15, 0.2) is 17.3 Å². The van der Waals surface area contributed by atoms with Crippen molar-refractivity contribution in [2.75, 3.05) is 0 Å². The van der Waals surface area contributed by atoms with Gasteiger partial charge in [-0.1, -0.05) is 11.6 Å². The molecule has 2 nitrogen and oxygen atoms in total. The van der Waals surface area contributed by atoms with Gasteiger partial charge in [-0.3, -0.25) is 4.99 Å². The summed E-state index contributed by atoms with van der Waals surface area (Å²) in [5.41, 5.74) is 2.07. The molecule has 12 heavy (non-hydrogen) atoms. The summed E-state index contributed by atoms with van der Waals surface area (Å²) >= 11 is 5.89. The van der Waals surface area contributed by atoms with Crippen LogP contribution in [-0.2, 0) is 6.42 Å². The molecule has 0 amide bonds. The highest BCUT2D eigenvalue weighted by Gasteiger charge is 2.08. The number of rotatable bonds is 0. The Kier molecular flexibility index (Phi) is 2.09. The second kappa shape index (κ2) is 3.23. The molecule has 0 N–H and O–H groups in total. The molecule has 2 rings (SSSR count). The Balaban J connectivity index is 2.53. The van der Waals surface area contributed by atoms with E-state index in [2.05, 4.69) is 9.98 Å². The lowest BCUT2D eigenvalue weighted by atomic mass is 10.1. The third kappa shape index (κ3) is 1.34. The SMILES string of the molecule is Clc1nccc2c1N=CCCC2. The van der Waals surface area contributed by atoms with E-state index in [4.69, 9.17) is 11.6 Å². The predicted molar refractivity (Wildman–Crippen MR) is 50.3 cm³/mol. The Hall–Kier alpha value is -0.890. The van der Waals surface area contributed by atoms with Crippen molar-refractivity contribution >= 4 is 23.5 Å². The van der Waals surface area contributed by atoms with Crippen molar-refractivity contribution in [3.8, 4) is 0 Å². The molecule has 0 saturated carbocycles. The fraction of sp³-hybridized carbons (Fsp3) is 0.333. The monoisotopic (exact) mass is 180 g/mol. The molecule has 0 saturated heterocycles. The van der Waals surface area contributed by atoms with Crippen LogP contribution in [0, 0.1) is 0 Å². The number of halogens is 1. The Morgan fingerprint density at radius 2 is 2.33 bits per heavy atom. The first-order valence-corrected chi connectivity index (χ1v) is 4.41. The maximum atomic E-state index is 5.89. The van der Waals surface area contributed by atoms with Crippen molar-refractivity contribution in [3.63, 3.8) is 0 Å². The van der Waals surface area contributed by atoms with Gasteiger partial charge in [0.15, 0.2) is 5.15 Å². The summed E-state index contributed by atoms with van der Waals surface area (Å²) in [6.07, 6.45) is 6.89.